The second-order valence-electron chi connectivity index (χ2n) is 3.27. The Morgan fingerprint density at radius 1 is 1.71 bits per heavy atom. The van der Waals surface area contributed by atoms with Gasteiger partial charge >= 0.3 is 0 Å². The summed E-state index contributed by atoms with van der Waals surface area (Å²) in [6.45, 7) is 1.82. The van der Waals surface area contributed by atoms with Crippen molar-refractivity contribution in [3.63, 3.8) is 0 Å². The number of aliphatic hydroxyl groups excluding tert-OH is 1. The van der Waals surface area contributed by atoms with Crippen LogP contribution >= 0.6 is 11.3 Å². The summed E-state index contributed by atoms with van der Waals surface area (Å²) >= 11 is 1.63. The van der Waals surface area contributed by atoms with Crippen LogP contribution in [0.5, 0.6) is 0 Å². The van der Waals surface area contributed by atoms with Crippen LogP contribution in [0.1, 0.15) is 4.88 Å². The molecule has 0 fully saturated rings. The molecule has 1 heterocycles. The molecule has 0 saturated carbocycles. The zero-order chi connectivity index (χ0) is 10.4. The van der Waals surface area contributed by atoms with Gasteiger partial charge in [-0.25, -0.2) is 0 Å². The number of likely N-dealkylation sites (N-methyl/N-ethyl adjacent to an activating group) is 1. The van der Waals surface area contributed by atoms with Crippen molar-refractivity contribution in [2.75, 3.05) is 27.3 Å². The van der Waals surface area contributed by atoms with E-state index in [2.05, 4.69) is 9.88 Å². The van der Waals surface area contributed by atoms with Crippen molar-refractivity contribution in [3.05, 3.63) is 16.6 Å². The van der Waals surface area contributed by atoms with Gasteiger partial charge in [-0.1, -0.05) is 0 Å². The van der Waals surface area contributed by atoms with E-state index in [4.69, 9.17) is 4.74 Å². The van der Waals surface area contributed by atoms with Crippen LogP contribution in [0.3, 0.4) is 0 Å². The average molecular weight is 216 g/mol. The Bertz CT molecular complexity index is 241. The minimum atomic E-state index is -0.419. The van der Waals surface area contributed by atoms with E-state index in [-0.39, 0.29) is 0 Å². The first-order valence-corrected chi connectivity index (χ1v) is 5.33. The number of hydrogen-bond acceptors (Lipinski definition) is 5. The van der Waals surface area contributed by atoms with Gasteiger partial charge in [0.15, 0.2) is 0 Å². The molecule has 0 radical (unpaired) electrons. The van der Waals surface area contributed by atoms with E-state index in [1.165, 1.54) is 4.88 Å². The van der Waals surface area contributed by atoms with Gasteiger partial charge in [-0.15, -0.1) is 11.3 Å². The molecule has 1 unspecified atom stereocenters. The number of nitrogens with zero attached hydrogens (tertiary/aromatic N) is 2. The molecule has 1 aromatic rings. The second-order valence-corrected chi connectivity index (χ2v) is 4.24. The molecule has 1 rings (SSSR count). The van der Waals surface area contributed by atoms with Crippen molar-refractivity contribution in [2.24, 2.45) is 0 Å². The van der Waals surface area contributed by atoms with Crippen molar-refractivity contribution < 1.29 is 9.84 Å². The molecule has 4 nitrogen and oxygen atoms in total. The summed E-state index contributed by atoms with van der Waals surface area (Å²) in [5.41, 5.74) is 1.81. The molecular weight excluding hydrogens is 200 g/mol. The first-order valence-electron chi connectivity index (χ1n) is 4.45. The first kappa shape index (κ1) is 11.6. The fourth-order valence-corrected chi connectivity index (χ4v) is 1.93. The smallest absolute Gasteiger partial charge is 0.0900 e. The normalized spacial score (nSPS) is 13.4. The van der Waals surface area contributed by atoms with Crippen molar-refractivity contribution in [1.29, 1.82) is 0 Å². The standard InChI is InChI=1S/C9H16N2O2S/c1-11(4-8(12)6-13-2)5-9-3-10-7-14-9/h3,7-8,12H,4-6H2,1-2H3. The van der Waals surface area contributed by atoms with Gasteiger partial charge in [-0.2, -0.15) is 0 Å². The van der Waals surface area contributed by atoms with E-state index < -0.39 is 6.10 Å². The number of hydrogen-bond donors (Lipinski definition) is 1. The lowest BCUT2D eigenvalue weighted by Gasteiger charge is -2.18. The maximum Gasteiger partial charge on any atom is 0.0900 e. The van der Waals surface area contributed by atoms with Crippen LogP contribution in [0.4, 0.5) is 0 Å². The predicted octanol–water partition coefficient (Wildman–Crippen LogP) is 0.582. The summed E-state index contributed by atoms with van der Waals surface area (Å²) in [6.07, 6.45) is 1.43. The Morgan fingerprint density at radius 3 is 3.07 bits per heavy atom. The average Bonchev–Trinajstić information content (AvgIpc) is 2.56. The minimum Gasteiger partial charge on any atom is -0.389 e. The minimum absolute atomic E-state index is 0.382. The molecule has 0 amide bonds. The molecule has 0 aliphatic heterocycles. The summed E-state index contributed by atoms with van der Waals surface area (Å²) in [5.74, 6) is 0. The van der Waals surface area contributed by atoms with Gasteiger partial charge < -0.3 is 9.84 Å². The zero-order valence-corrected chi connectivity index (χ0v) is 9.33. The molecule has 1 atom stereocenters. The lowest BCUT2D eigenvalue weighted by atomic mass is 10.3. The Balaban J connectivity index is 2.25. The molecule has 0 aromatic carbocycles. The van der Waals surface area contributed by atoms with Gasteiger partial charge in [-0.3, -0.25) is 9.88 Å². The lowest BCUT2D eigenvalue weighted by Crippen LogP contribution is -2.31. The molecule has 80 valence electrons. The van der Waals surface area contributed by atoms with Crippen molar-refractivity contribution in [2.45, 2.75) is 12.6 Å². The number of thiazole rings is 1. The molecule has 5 heteroatoms. The highest BCUT2D eigenvalue weighted by Gasteiger charge is 2.08. The molecule has 0 aliphatic rings. The predicted molar refractivity (Wildman–Crippen MR) is 56.3 cm³/mol. The van der Waals surface area contributed by atoms with Crippen LogP contribution in [0, 0.1) is 0 Å². The third-order valence-corrected chi connectivity index (χ3v) is 2.56. The van der Waals surface area contributed by atoms with E-state index >= 15 is 0 Å². The number of rotatable bonds is 6. The fraction of sp³-hybridized carbons (Fsp3) is 0.667. The maximum absolute atomic E-state index is 9.47. The van der Waals surface area contributed by atoms with Crippen molar-refractivity contribution >= 4 is 11.3 Å². The Kier molecular flexibility index (Phi) is 5.03. The number of ether oxygens (including phenoxy) is 1. The Labute approximate surface area is 88.1 Å². The van der Waals surface area contributed by atoms with E-state index in [1.54, 1.807) is 18.4 Å². The Morgan fingerprint density at radius 2 is 2.50 bits per heavy atom. The first-order chi connectivity index (χ1) is 6.72. The molecule has 1 N–H and O–H groups in total. The van der Waals surface area contributed by atoms with Gasteiger partial charge in [-0.05, 0) is 7.05 Å². The van der Waals surface area contributed by atoms with Crippen LogP contribution in [-0.2, 0) is 11.3 Å². The highest BCUT2D eigenvalue weighted by atomic mass is 32.1. The monoisotopic (exact) mass is 216 g/mol. The van der Waals surface area contributed by atoms with Gasteiger partial charge in [0.1, 0.15) is 0 Å². The third kappa shape index (κ3) is 4.15. The van der Waals surface area contributed by atoms with Crippen LogP contribution in [0.15, 0.2) is 11.7 Å². The molecular formula is C9H16N2O2S. The van der Waals surface area contributed by atoms with Gasteiger partial charge in [0.25, 0.3) is 0 Å². The van der Waals surface area contributed by atoms with E-state index in [9.17, 15) is 5.11 Å². The quantitative estimate of drug-likeness (QED) is 0.755. The van der Waals surface area contributed by atoms with Crippen molar-refractivity contribution in [3.8, 4) is 0 Å². The fourth-order valence-electron chi connectivity index (χ4n) is 1.26. The molecule has 0 aliphatic carbocycles. The van der Waals surface area contributed by atoms with E-state index in [0.29, 0.717) is 13.2 Å². The molecule has 0 saturated heterocycles. The summed E-state index contributed by atoms with van der Waals surface area (Å²) in [5, 5.41) is 9.47. The largest absolute Gasteiger partial charge is 0.389 e. The number of aromatic nitrogens is 1. The SMILES string of the molecule is COCC(O)CN(C)Cc1cncs1. The van der Waals surface area contributed by atoms with Crippen LogP contribution in [0.25, 0.3) is 0 Å². The molecule has 0 spiro atoms. The van der Waals surface area contributed by atoms with Gasteiger partial charge in [0.2, 0.25) is 0 Å². The summed E-state index contributed by atoms with van der Waals surface area (Å²) in [6, 6.07) is 0. The molecule has 0 bridgehead atoms. The lowest BCUT2D eigenvalue weighted by molar-refractivity contribution is 0.0420. The van der Waals surface area contributed by atoms with Crippen LogP contribution < -0.4 is 0 Å². The summed E-state index contributed by atoms with van der Waals surface area (Å²) in [7, 11) is 3.56. The number of aliphatic hydroxyl groups is 1. The maximum atomic E-state index is 9.47. The zero-order valence-electron chi connectivity index (χ0n) is 8.51. The van der Waals surface area contributed by atoms with Gasteiger partial charge in [0.05, 0.1) is 18.2 Å². The highest BCUT2D eigenvalue weighted by molar-refractivity contribution is 7.09. The van der Waals surface area contributed by atoms with E-state index in [0.717, 1.165) is 6.54 Å². The van der Waals surface area contributed by atoms with Crippen LogP contribution in [0.2, 0.25) is 0 Å². The van der Waals surface area contributed by atoms with Crippen LogP contribution in [-0.4, -0.2) is 48.4 Å². The van der Waals surface area contributed by atoms with Gasteiger partial charge in [0, 0.05) is 31.3 Å². The number of methoxy groups -OCH3 is 1. The van der Waals surface area contributed by atoms with E-state index in [1.807, 2.05) is 18.8 Å². The summed E-state index contributed by atoms with van der Waals surface area (Å²) in [4.78, 5) is 7.25. The van der Waals surface area contributed by atoms with Crippen molar-refractivity contribution in [1.82, 2.24) is 9.88 Å². The highest BCUT2D eigenvalue weighted by Crippen LogP contribution is 2.08. The third-order valence-electron chi connectivity index (χ3n) is 1.79. The Hall–Kier alpha value is -0.490. The topological polar surface area (TPSA) is 45.6 Å². The second kappa shape index (κ2) is 6.08. The molecule has 1 aromatic heterocycles. The molecule has 14 heavy (non-hydrogen) atoms. The summed E-state index contributed by atoms with van der Waals surface area (Å²) < 4.78 is 4.85.